The van der Waals surface area contributed by atoms with Gasteiger partial charge in [0.15, 0.2) is 0 Å². The number of sulfonamides is 1. The molecule has 9 heteroatoms. The van der Waals surface area contributed by atoms with Gasteiger partial charge in [0.05, 0.1) is 11.4 Å². The van der Waals surface area contributed by atoms with Gasteiger partial charge in [-0.2, -0.15) is 9.40 Å². The van der Waals surface area contributed by atoms with Gasteiger partial charge in [-0.15, -0.1) is 0 Å². The van der Waals surface area contributed by atoms with Gasteiger partial charge in [-0.25, -0.2) is 8.42 Å². The third-order valence-electron chi connectivity index (χ3n) is 4.49. The molecule has 1 saturated heterocycles. The molecular weight excluding hydrogens is 342 g/mol. The molecule has 1 fully saturated rings. The first-order valence-electron chi connectivity index (χ1n) is 8.02. The summed E-state index contributed by atoms with van der Waals surface area (Å²) in [5.74, 6) is -0.104. The van der Waals surface area contributed by atoms with Gasteiger partial charge in [0, 0.05) is 51.2 Å². The molecule has 0 aromatic carbocycles. The molecule has 2 aromatic rings. The Balaban J connectivity index is 1.75. The number of nitrogens with zero attached hydrogens (tertiary/aromatic N) is 5. The molecule has 8 nitrogen and oxygen atoms in total. The number of carbonyl (C=O) groups is 1. The summed E-state index contributed by atoms with van der Waals surface area (Å²) in [5.41, 5.74) is 1.67. The fourth-order valence-electron chi connectivity index (χ4n) is 3.07. The molecule has 1 aliphatic heterocycles. The standard InChI is InChI=1S/C16H21N5O3S/c1-12-15(13(2)19(3)18-12)25(23,24)21-10-8-20(9-11-21)16(22)14-4-6-17-7-5-14/h4-7H,8-11H2,1-3H3. The third kappa shape index (κ3) is 3.16. The van der Waals surface area contributed by atoms with Crippen molar-refractivity contribution in [2.75, 3.05) is 26.2 Å². The first kappa shape index (κ1) is 17.6. The number of aryl methyl sites for hydroxylation is 2. The molecule has 0 spiro atoms. The highest BCUT2D eigenvalue weighted by atomic mass is 32.2. The Morgan fingerprint density at radius 3 is 2.20 bits per heavy atom. The van der Waals surface area contributed by atoms with Crippen molar-refractivity contribution in [1.29, 1.82) is 0 Å². The molecule has 3 rings (SSSR count). The fourth-order valence-corrected chi connectivity index (χ4v) is 4.89. The van der Waals surface area contributed by atoms with E-state index in [0.29, 0.717) is 30.0 Å². The molecule has 25 heavy (non-hydrogen) atoms. The number of aromatic nitrogens is 3. The molecule has 134 valence electrons. The van der Waals surface area contributed by atoms with Crippen LogP contribution in [-0.2, 0) is 17.1 Å². The van der Waals surface area contributed by atoms with Gasteiger partial charge in [-0.1, -0.05) is 0 Å². The quantitative estimate of drug-likeness (QED) is 0.796. The van der Waals surface area contributed by atoms with Gasteiger partial charge >= 0.3 is 0 Å². The number of amides is 1. The van der Waals surface area contributed by atoms with Crippen LogP contribution in [0.4, 0.5) is 0 Å². The van der Waals surface area contributed by atoms with E-state index in [1.807, 2.05) is 0 Å². The van der Waals surface area contributed by atoms with Crippen molar-refractivity contribution in [1.82, 2.24) is 24.0 Å². The maximum Gasteiger partial charge on any atom is 0.254 e. The van der Waals surface area contributed by atoms with Crippen molar-refractivity contribution in [3.8, 4) is 0 Å². The summed E-state index contributed by atoms with van der Waals surface area (Å²) in [6.45, 7) is 4.70. The van der Waals surface area contributed by atoms with E-state index in [4.69, 9.17) is 0 Å². The average molecular weight is 363 g/mol. The van der Waals surface area contributed by atoms with E-state index in [0.717, 1.165) is 0 Å². The normalized spacial score (nSPS) is 16.2. The van der Waals surface area contributed by atoms with E-state index in [1.165, 1.54) is 4.31 Å². The SMILES string of the molecule is Cc1nn(C)c(C)c1S(=O)(=O)N1CCN(C(=O)c2ccncc2)CC1. The first-order valence-corrected chi connectivity index (χ1v) is 9.46. The zero-order valence-corrected chi connectivity index (χ0v) is 15.3. The molecule has 0 atom stereocenters. The van der Waals surface area contributed by atoms with Gasteiger partial charge in [0.25, 0.3) is 5.91 Å². The lowest BCUT2D eigenvalue weighted by molar-refractivity contribution is 0.0697. The van der Waals surface area contributed by atoms with Gasteiger partial charge in [0.2, 0.25) is 10.0 Å². The van der Waals surface area contributed by atoms with Crippen LogP contribution in [0.15, 0.2) is 29.4 Å². The van der Waals surface area contributed by atoms with E-state index < -0.39 is 10.0 Å². The van der Waals surface area contributed by atoms with E-state index in [1.54, 1.807) is 55.0 Å². The molecule has 0 bridgehead atoms. The third-order valence-corrected chi connectivity index (χ3v) is 6.65. The summed E-state index contributed by atoms with van der Waals surface area (Å²) in [7, 11) is -1.89. The number of rotatable bonds is 3. The highest BCUT2D eigenvalue weighted by Gasteiger charge is 2.34. The highest BCUT2D eigenvalue weighted by Crippen LogP contribution is 2.24. The van der Waals surface area contributed by atoms with E-state index in [-0.39, 0.29) is 23.9 Å². The molecule has 0 radical (unpaired) electrons. The Morgan fingerprint density at radius 1 is 1.08 bits per heavy atom. The van der Waals surface area contributed by atoms with Crippen molar-refractivity contribution < 1.29 is 13.2 Å². The topological polar surface area (TPSA) is 88.4 Å². The minimum absolute atomic E-state index is 0.104. The van der Waals surface area contributed by atoms with Crippen molar-refractivity contribution in [3.05, 3.63) is 41.5 Å². The second-order valence-corrected chi connectivity index (χ2v) is 7.93. The summed E-state index contributed by atoms with van der Waals surface area (Å²) in [4.78, 5) is 18.3. The number of hydrogen-bond acceptors (Lipinski definition) is 5. The first-order chi connectivity index (χ1) is 11.8. The number of carbonyl (C=O) groups excluding carboxylic acids is 1. The van der Waals surface area contributed by atoms with Crippen LogP contribution < -0.4 is 0 Å². The lowest BCUT2D eigenvalue weighted by Gasteiger charge is -2.34. The summed E-state index contributed by atoms with van der Waals surface area (Å²) in [6.07, 6.45) is 3.14. The predicted molar refractivity (Wildman–Crippen MR) is 91.6 cm³/mol. The Hall–Kier alpha value is -2.26. The van der Waals surface area contributed by atoms with Crippen LogP contribution in [0.2, 0.25) is 0 Å². The maximum atomic E-state index is 12.9. The second kappa shape index (κ2) is 6.57. The molecule has 0 unspecified atom stereocenters. The molecule has 0 aliphatic carbocycles. The van der Waals surface area contributed by atoms with Crippen LogP contribution in [0.1, 0.15) is 21.7 Å². The van der Waals surface area contributed by atoms with Crippen molar-refractivity contribution >= 4 is 15.9 Å². The molecule has 0 saturated carbocycles. The van der Waals surface area contributed by atoms with Gasteiger partial charge in [0.1, 0.15) is 4.90 Å². The van der Waals surface area contributed by atoms with Crippen molar-refractivity contribution in [2.45, 2.75) is 18.7 Å². The monoisotopic (exact) mass is 363 g/mol. The van der Waals surface area contributed by atoms with Crippen LogP contribution >= 0.6 is 0 Å². The molecule has 2 aromatic heterocycles. The summed E-state index contributed by atoms with van der Waals surface area (Å²) >= 11 is 0. The molecule has 1 amide bonds. The van der Waals surface area contributed by atoms with E-state index in [2.05, 4.69) is 10.1 Å². The van der Waals surface area contributed by atoms with E-state index in [9.17, 15) is 13.2 Å². The van der Waals surface area contributed by atoms with Gasteiger partial charge in [-0.3, -0.25) is 14.5 Å². The Morgan fingerprint density at radius 2 is 1.68 bits per heavy atom. The van der Waals surface area contributed by atoms with E-state index >= 15 is 0 Å². The Labute approximate surface area is 147 Å². The van der Waals surface area contributed by atoms with Crippen LogP contribution in [0.25, 0.3) is 0 Å². The van der Waals surface area contributed by atoms with Crippen LogP contribution in [0.3, 0.4) is 0 Å². The highest BCUT2D eigenvalue weighted by molar-refractivity contribution is 7.89. The fraction of sp³-hybridized carbons (Fsp3) is 0.438. The number of piperazine rings is 1. The molecule has 3 heterocycles. The van der Waals surface area contributed by atoms with Crippen molar-refractivity contribution in [2.24, 2.45) is 7.05 Å². The number of pyridine rings is 1. The van der Waals surface area contributed by atoms with Gasteiger partial charge < -0.3 is 4.90 Å². The Kier molecular flexibility index (Phi) is 4.61. The molecule has 0 N–H and O–H groups in total. The molecular formula is C16H21N5O3S. The lowest BCUT2D eigenvalue weighted by Crippen LogP contribution is -2.50. The predicted octanol–water partition coefficient (Wildman–Crippen LogP) is 0.579. The zero-order chi connectivity index (χ0) is 18.2. The molecule has 1 aliphatic rings. The van der Waals surface area contributed by atoms with Crippen LogP contribution in [-0.4, -0.2) is 64.5 Å². The zero-order valence-electron chi connectivity index (χ0n) is 14.5. The smallest absolute Gasteiger partial charge is 0.254 e. The summed E-state index contributed by atoms with van der Waals surface area (Å²) in [5, 5.41) is 4.19. The van der Waals surface area contributed by atoms with Crippen molar-refractivity contribution in [3.63, 3.8) is 0 Å². The summed E-state index contributed by atoms with van der Waals surface area (Å²) in [6, 6.07) is 3.32. The lowest BCUT2D eigenvalue weighted by atomic mass is 10.2. The maximum absolute atomic E-state index is 12.9. The second-order valence-electron chi connectivity index (χ2n) is 6.06. The average Bonchev–Trinajstić information content (AvgIpc) is 2.87. The van der Waals surface area contributed by atoms with Crippen LogP contribution in [0.5, 0.6) is 0 Å². The largest absolute Gasteiger partial charge is 0.336 e. The Bertz CT molecular complexity index is 884. The number of hydrogen-bond donors (Lipinski definition) is 0. The summed E-state index contributed by atoms with van der Waals surface area (Å²) < 4.78 is 28.9. The van der Waals surface area contributed by atoms with Crippen LogP contribution in [0, 0.1) is 13.8 Å². The minimum Gasteiger partial charge on any atom is -0.336 e. The van der Waals surface area contributed by atoms with Gasteiger partial charge in [-0.05, 0) is 26.0 Å². The minimum atomic E-state index is -3.61.